The summed E-state index contributed by atoms with van der Waals surface area (Å²) in [5.41, 5.74) is 9.26. The van der Waals surface area contributed by atoms with E-state index in [2.05, 4.69) is 4.99 Å². The van der Waals surface area contributed by atoms with Gasteiger partial charge in [-0.1, -0.05) is 25.4 Å². The number of benzene rings is 1. The Hall–Kier alpha value is -1.76. The van der Waals surface area contributed by atoms with Gasteiger partial charge >= 0.3 is 6.18 Å². The van der Waals surface area contributed by atoms with Gasteiger partial charge in [0.1, 0.15) is 0 Å². The van der Waals surface area contributed by atoms with Crippen molar-refractivity contribution in [3.8, 4) is 0 Å². The van der Waals surface area contributed by atoms with Crippen LogP contribution in [0.5, 0.6) is 0 Å². The summed E-state index contributed by atoms with van der Waals surface area (Å²) in [6.45, 7) is 3.53. The lowest BCUT2D eigenvalue weighted by atomic mass is 10.0. The van der Waals surface area contributed by atoms with Crippen LogP contribution in [-0.4, -0.2) is 11.9 Å². The first-order chi connectivity index (χ1) is 9.96. The lowest BCUT2D eigenvalue weighted by Gasteiger charge is -2.11. The van der Waals surface area contributed by atoms with Gasteiger partial charge in [0.15, 0.2) is 5.96 Å². The van der Waals surface area contributed by atoms with Crippen molar-refractivity contribution in [1.82, 2.24) is 0 Å². The molecule has 4 N–H and O–H groups in total. The Kier molecular flexibility index (Phi) is 3.89. The first-order valence-corrected chi connectivity index (χ1v) is 6.84. The molecule has 0 heterocycles. The Bertz CT molecular complexity index is 651. The number of halogens is 4. The second-order valence-electron chi connectivity index (χ2n) is 5.89. The zero-order valence-corrected chi connectivity index (χ0v) is 12.7. The third-order valence-electron chi connectivity index (χ3n) is 3.99. The van der Waals surface area contributed by atoms with Gasteiger partial charge < -0.3 is 11.5 Å². The number of aliphatic imine (C=N–C) groups is 1. The summed E-state index contributed by atoms with van der Waals surface area (Å²) in [5, 5.41) is 0.186. The van der Waals surface area contributed by atoms with Crippen LogP contribution < -0.4 is 11.5 Å². The molecule has 0 radical (unpaired) electrons. The maximum Gasteiger partial charge on any atom is 0.416 e. The van der Waals surface area contributed by atoms with Crippen molar-refractivity contribution < 1.29 is 18.0 Å². The number of guanidine groups is 1. The van der Waals surface area contributed by atoms with Crippen LogP contribution in [0.25, 0.3) is 0 Å². The predicted molar refractivity (Wildman–Crippen MR) is 77.3 cm³/mol. The quantitative estimate of drug-likeness (QED) is 0.645. The van der Waals surface area contributed by atoms with E-state index in [0.717, 1.165) is 12.1 Å². The molecule has 1 aromatic rings. The van der Waals surface area contributed by atoms with Crippen LogP contribution in [0.15, 0.2) is 23.2 Å². The Balaban J connectivity index is 2.41. The molecule has 22 heavy (non-hydrogen) atoms. The highest BCUT2D eigenvalue weighted by Crippen LogP contribution is 2.66. The monoisotopic (exact) mass is 333 g/mol. The average molecular weight is 334 g/mol. The Morgan fingerprint density at radius 3 is 2.41 bits per heavy atom. The van der Waals surface area contributed by atoms with E-state index < -0.39 is 34.9 Å². The number of nitrogens with zero attached hydrogens (tertiary/aromatic N) is 1. The van der Waals surface area contributed by atoms with E-state index in [1.54, 1.807) is 13.8 Å². The summed E-state index contributed by atoms with van der Waals surface area (Å²) in [6.07, 6.45) is -4.47. The number of amides is 1. The Morgan fingerprint density at radius 2 is 1.91 bits per heavy atom. The van der Waals surface area contributed by atoms with Crippen LogP contribution in [0.3, 0.4) is 0 Å². The summed E-state index contributed by atoms with van der Waals surface area (Å²) in [7, 11) is 0. The SMILES string of the molecule is CC1(C)C(C(=O)N=C(N)N)C1c1cc(C(F)(F)F)ccc1Cl. The van der Waals surface area contributed by atoms with E-state index >= 15 is 0 Å². The Morgan fingerprint density at radius 1 is 1.32 bits per heavy atom. The molecule has 1 fully saturated rings. The number of hydrogen-bond donors (Lipinski definition) is 2. The molecule has 0 aromatic heterocycles. The molecule has 0 aliphatic heterocycles. The number of nitrogens with two attached hydrogens (primary N) is 2. The van der Waals surface area contributed by atoms with Crippen LogP contribution in [0, 0.1) is 11.3 Å². The lowest BCUT2D eigenvalue weighted by molar-refractivity contribution is -0.137. The molecule has 2 rings (SSSR count). The predicted octanol–water partition coefficient (Wildman–Crippen LogP) is 2.90. The first-order valence-electron chi connectivity index (χ1n) is 6.46. The highest BCUT2D eigenvalue weighted by molar-refractivity contribution is 6.31. The summed E-state index contributed by atoms with van der Waals surface area (Å²) in [5.74, 6) is -1.99. The van der Waals surface area contributed by atoms with E-state index in [9.17, 15) is 18.0 Å². The molecule has 1 amide bonds. The van der Waals surface area contributed by atoms with Crippen LogP contribution in [0.1, 0.15) is 30.9 Å². The molecule has 0 bridgehead atoms. The van der Waals surface area contributed by atoms with Gasteiger partial charge in [0, 0.05) is 10.9 Å². The molecular formula is C14H15ClF3N3O. The first kappa shape index (κ1) is 16.6. The van der Waals surface area contributed by atoms with E-state index in [1.165, 1.54) is 6.07 Å². The maximum atomic E-state index is 12.8. The van der Waals surface area contributed by atoms with E-state index in [-0.39, 0.29) is 16.5 Å². The van der Waals surface area contributed by atoms with Crippen LogP contribution in [0.4, 0.5) is 13.2 Å². The van der Waals surface area contributed by atoms with Crippen LogP contribution in [-0.2, 0) is 11.0 Å². The standard InChI is InChI=1S/C14H15ClF3N3O/c1-13(2)9(10(13)11(22)21-12(19)20)7-5-6(14(16,17)18)3-4-8(7)15/h3-5,9-10H,1-2H3,(H4,19,20,21,22). The minimum absolute atomic E-state index is 0.186. The minimum Gasteiger partial charge on any atom is -0.370 e. The van der Waals surface area contributed by atoms with Gasteiger partial charge in [-0.15, -0.1) is 0 Å². The van der Waals surface area contributed by atoms with Crippen molar-refractivity contribution in [2.45, 2.75) is 25.9 Å². The second kappa shape index (κ2) is 5.15. The summed E-state index contributed by atoms with van der Waals surface area (Å²) < 4.78 is 38.5. The fraction of sp³-hybridized carbons (Fsp3) is 0.429. The van der Waals surface area contributed by atoms with Gasteiger partial charge in [-0.3, -0.25) is 4.79 Å². The molecule has 8 heteroatoms. The molecule has 2 unspecified atom stereocenters. The topological polar surface area (TPSA) is 81.5 Å². The Labute approximate surface area is 130 Å². The van der Waals surface area contributed by atoms with Crippen molar-refractivity contribution in [1.29, 1.82) is 0 Å². The fourth-order valence-corrected chi connectivity index (χ4v) is 3.07. The molecule has 1 aliphatic rings. The molecule has 120 valence electrons. The number of carbonyl (C=O) groups is 1. The van der Waals surface area contributed by atoms with Crippen LogP contribution >= 0.6 is 11.6 Å². The average Bonchev–Trinajstić information content (AvgIpc) is 2.90. The number of rotatable bonds is 2. The second-order valence-corrected chi connectivity index (χ2v) is 6.29. The molecule has 1 aliphatic carbocycles. The highest BCUT2D eigenvalue weighted by atomic mass is 35.5. The maximum absolute atomic E-state index is 12.8. The van der Waals surface area contributed by atoms with Gasteiger partial charge in [0.2, 0.25) is 0 Å². The highest BCUT2D eigenvalue weighted by Gasteiger charge is 2.63. The third kappa shape index (κ3) is 2.90. The largest absolute Gasteiger partial charge is 0.416 e. The number of carbonyl (C=O) groups excluding carboxylic acids is 1. The van der Waals surface area contributed by atoms with Gasteiger partial charge in [-0.2, -0.15) is 18.2 Å². The summed E-state index contributed by atoms with van der Waals surface area (Å²) in [6, 6.07) is 3.09. The molecule has 1 aromatic carbocycles. The van der Waals surface area contributed by atoms with Crippen molar-refractivity contribution in [2.24, 2.45) is 27.8 Å². The molecule has 0 saturated heterocycles. The smallest absolute Gasteiger partial charge is 0.370 e. The summed E-state index contributed by atoms with van der Waals surface area (Å²) in [4.78, 5) is 15.5. The molecule has 4 nitrogen and oxygen atoms in total. The van der Waals surface area contributed by atoms with Crippen molar-refractivity contribution in [2.75, 3.05) is 0 Å². The van der Waals surface area contributed by atoms with E-state index in [0.29, 0.717) is 0 Å². The van der Waals surface area contributed by atoms with Gasteiger partial charge in [0.25, 0.3) is 5.91 Å². The number of alkyl halides is 3. The number of hydrogen-bond acceptors (Lipinski definition) is 1. The molecule has 2 atom stereocenters. The molecule has 0 spiro atoms. The zero-order chi connectivity index (χ0) is 16.9. The molecule has 1 saturated carbocycles. The zero-order valence-electron chi connectivity index (χ0n) is 11.9. The fourth-order valence-electron chi connectivity index (χ4n) is 2.83. The lowest BCUT2D eigenvalue weighted by Crippen LogP contribution is -2.25. The van der Waals surface area contributed by atoms with Gasteiger partial charge in [-0.25, -0.2) is 0 Å². The molecular weight excluding hydrogens is 319 g/mol. The third-order valence-corrected chi connectivity index (χ3v) is 4.34. The van der Waals surface area contributed by atoms with Gasteiger partial charge in [0.05, 0.1) is 11.5 Å². The van der Waals surface area contributed by atoms with E-state index in [1.807, 2.05) is 0 Å². The van der Waals surface area contributed by atoms with Crippen molar-refractivity contribution in [3.05, 3.63) is 34.3 Å². The van der Waals surface area contributed by atoms with E-state index in [4.69, 9.17) is 23.1 Å². The van der Waals surface area contributed by atoms with Crippen LogP contribution in [0.2, 0.25) is 5.02 Å². The minimum atomic E-state index is -4.47. The van der Waals surface area contributed by atoms with Crippen molar-refractivity contribution in [3.63, 3.8) is 0 Å². The van der Waals surface area contributed by atoms with Gasteiger partial charge in [-0.05, 0) is 29.2 Å². The normalized spacial score (nSPS) is 23.0. The summed E-state index contributed by atoms with van der Waals surface area (Å²) >= 11 is 6.02. The van der Waals surface area contributed by atoms with Crippen molar-refractivity contribution >= 4 is 23.5 Å².